The van der Waals surface area contributed by atoms with Crippen LogP contribution in [0.25, 0.3) is 0 Å². The number of fused-ring (bicyclic) bond motifs is 1. The van der Waals surface area contributed by atoms with Gasteiger partial charge in [0, 0.05) is 17.4 Å². The molecule has 2 N–H and O–H groups in total. The van der Waals surface area contributed by atoms with Gasteiger partial charge in [0.2, 0.25) is 6.79 Å². The first-order valence-electron chi connectivity index (χ1n) is 8.14. The Morgan fingerprint density at radius 1 is 1.07 bits per heavy atom. The summed E-state index contributed by atoms with van der Waals surface area (Å²) in [6, 6.07) is 8.93. The Labute approximate surface area is 162 Å². The monoisotopic (exact) mass is 409 g/mol. The average molecular weight is 409 g/mol. The third-order valence-corrected chi connectivity index (χ3v) is 3.55. The fraction of sp³-hybridized carbons (Fsp3) is 0.167. The summed E-state index contributed by atoms with van der Waals surface area (Å²) < 4.78 is 48.3. The first-order chi connectivity index (χ1) is 13.8. The number of nitrogens with one attached hydrogen (secondary N) is 2. The van der Waals surface area contributed by atoms with E-state index in [2.05, 4.69) is 15.8 Å². The topological polar surface area (TPSA) is 98.2 Å². The molecule has 0 spiro atoms. The van der Waals surface area contributed by atoms with E-state index in [1.54, 1.807) is 18.2 Å². The lowest BCUT2D eigenvalue weighted by molar-refractivity contribution is -0.137. The van der Waals surface area contributed by atoms with Crippen LogP contribution in [0.2, 0.25) is 0 Å². The number of amides is 2. The Morgan fingerprint density at radius 3 is 2.62 bits per heavy atom. The molecule has 1 aliphatic rings. The van der Waals surface area contributed by atoms with Crippen LogP contribution in [-0.2, 0) is 20.6 Å². The van der Waals surface area contributed by atoms with Crippen LogP contribution in [0, 0.1) is 0 Å². The molecule has 2 aromatic rings. The zero-order valence-electron chi connectivity index (χ0n) is 14.7. The van der Waals surface area contributed by atoms with E-state index in [4.69, 9.17) is 14.3 Å². The van der Waals surface area contributed by atoms with Crippen molar-refractivity contribution in [3.8, 4) is 11.5 Å². The first kappa shape index (κ1) is 20.0. The summed E-state index contributed by atoms with van der Waals surface area (Å²) in [6.07, 6.45) is -3.82. The number of carbonyl (C=O) groups excluding carboxylic acids is 2. The van der Waals surface area contributed by atoms with Crippen LogP contribution in [-0.4, -0.2) is 31.4 Å². The molecule has 0 saturated heterocycles. The SMILES string of the molecule is O=C(C=NOCC(=O)Nc1ccc2c(c1)OCO2)Nc1cccc(C(F)(F)F)c1. The molecular formula is C18H14F3N3O5. The minimum Gasteiger partial charge on any atom is -0.454 e. The number of halogens is 3. The van der Waals surface area contributed by atoms with Crippen molar-refractivity contribution in [2.24, 2.45) is 5.16 Å². The predicted molar refractivity (Wildman–Crippen MR) is 95.7 cm³/mol. The van der Waals surface area contributed by atoms with E-state index in [9.17, 15) is 22.8 Å². The Hall–Kier alpha value is -3.76. The van der Waals surface area contributed by atoms with Crippen LogP contribution in [0.5, 0.6) is 11.5 Å². The lowest BCUT2D eigenvalue weighted by Crippen LogP contribution is -2.18. The summed E-state index contributed by atoms with van der Waals surface area (Å²) in [4.78, 5) is 28.2. The van der Waals surface area contributed by atoms with Crippen LogP contribution in [0.15, 0.2) is 47.6 Å². The second kappa shape index (κ2) is 8.50. The molecule has 29 heavy (non-hydrogen) atoms. The van der Waals surface area contributed by atoms with E-state index < -0.39 is 30.2 Å². The van der Waals surface area contributed by atoms with Crippen LogP contribution in [0.1, 0.15) is 5.56 Å². The lowest BCUT2D eigenvalue weighted by atomic mass is 10.2. The smallest absolute Gasteiger partial charge is 0.416 e. The Morgan fingerprint density at radius 2 is 1.83 bits per heavy atom. The standard InChI is InChI=1S/C18H14F3N3O5/c19-18(20,21)11-2-1-3-12(6-11)23-16(25)8-22-29-9-17(26)24-13-4-5-14-15(7-13)28-10-27-14/h1-8H,9-10H2,(H,23,25)(H,24,26). The van der Waals surface area contributed by atoms with E-state index in [1.165, 1.54) is 6.07 Å². The van der Waals surface area contributed by atoms with E-state index in [1.807, 2.05) is 0 Å². The van der Waals surface area contributed by atoms with Crippen LogP contribution in [0.4, 0.5) is 24.5 Å². The molecule has 0 radical (unpaired) electrons. The van der Waals surface area contributed by atoms with Gasteiger partial charge in [-0.15, -0.1) is 0 Å². The van der Waals surface area contributed by atoms with Crippen LogP contribution < -0.4 is 20.1 Å². The maximum absolute atomic E-state index is 12.6. The molecule has 8 nitrogen and oxygen atoms in total. The summed E-state index contributed by atoms with van der Waals surface area (Å²) in [5.41, 5.74) is -0.505. The molecular weight excluding hydrogens is 395 g/mol. The molecule has 0 unspecified atom stereocenters. The predicted octanol–water partition coefficient (Wildman–Crippen LogP) is 3.01. The molecule has 2 amide bonds. The molecule has 0 aromatic heterocycles. The van der Waals surface area contributed by atoms with Gasteiger partial charge in [-0.2, -0.15) is 13.2 Å². The van der Waals surface area contributed by atoms with Crippen LogP contribution in [0.3, 0.4) is 0 Å². The van der Waals surface area contributed by atoms with E-state index in [0.717, 1.165) is 18.2 Å². The number of rotatable bonds is 6. The molecule has 2 aromatic carbocycles. The second-order valence-electron chi connectivity index (χ2n) is 5.69. The summed E-state index contributed by atoms with van der Waals surface area (Å²) in [7, 11) is 0. The van der Waals surface area contributed by atoms with Gasteiger partial charge in [0.05, 0.1) is 5.56 Å². The molecule has 11 heteroatoms. The molecule has 1 aliphatic heterocycles. The Kier molecular flexibility index (Phi) is 5.86. The molecule has 0 saturated carbocycles. The van der Waals surface area contributed by atoms with Crippen molar-refractivity contribution in [3.05, 3.63) is 48.0 Å². The van der Waals surface area contributed by atoms with Gasteiger partial charge in [0.1, 0.15) is 6.21 Å². The molecule has 1 heterocycles. The van der Waals surface area contributed by atoms with Crippen molar-refractivity contribution in [1.82, 2.24) is 0 Å². The number of alkyl halides is 3. The quantitative estimate of drug-likeness (QED) is 0.565. The van der Waals surface area contributed by atoms with Crippen molar-refractivity contribution < 1.29 is 37.1 Å². The van der Waals surface area contributed by atoms with Gasteiger partial charge in [0.25, 0.3) is 11.8 Å². The van der Waals surface area contributed by atoms with Crippen molar-refractivity contribution in [1.29, 1.82) is 0 Å². The average Bonchev–Trinajstić information content (AvgIpc) is 3.12. The fourth-order valence-corrected chi connectivity index (χ4v) is 2.30. The first-order valence-corrected chi connectivity index (χ1v) is 8.14. The number of ether oxygens (including phenoxy) is 2. The molecule has 0 bridgehead atoms. The number of nitrogens with zero attached hydrogens (tertiary/aromatic N) is 1. The van der Waals surface area contributed by atoms with E-state index in [-0.39, 0.29) is 12.5 Å². The fourth-order valence-electron chi connectivity index (χ4n) is 2.30. The van der Waals surface area contributed by atoms with Gasteiger partial charge in [0.15, 0.2) is 18.1 Å². The van der Waals surface area contributed by atoms with Crippen molar-refractivity contribution in [2.75, 3.05) is 24.0 Å². The minimum absolute atomic E-state index is 0.0585. The highest BCUT2D eigenvalue weighted by molar-refractivity contribution is 6.31. The molecule has 0 aliphatic carbocycles. The van der Waals surface area contributed by atoms with Crippen molar-refractivity contribution >= 4 is 29.4 Å². The molecule has 0 atom stereocenters. The van der Waals surface area contributed by atoms with Crippen molar-refractivity contribution in [3.63, 3.8) is 0 Å². The zero-order valence-corrected chi connectivity index (χ0v) is 14.7. The number of oxime groups is 1. The Balaban J connectivity index is 1.44. The summed E-state index contributed by atoms with van der Waals surface area (Å²) >= 11 is 0. The van der Waals surface area contributed by atoms with Gasteiger partial charge in [-0.05, 0) is 30.3 Å². The Bertz CT molecular complexity index is 947. The van der Waals surface area contributed by atoms with Gasteiger partial charge >= 0.3 is 6.18 Å². The van der Waals surface area contributed by atoms with Gasteiger partial charge < -0.3 is 24.9 Å². The number of carbonyl (C=O) groups is 2. The summed E-state index contributed by atoms with van der Waals surface area (Å²) in [6.45, 7) is -0.380. The maximum atomic E-state index is 12.6. The second-order valence-corrected chi connectivity index (χ2v) is 5.69. The number of hydrogen-bond acceptors (Lipinski definition) is 6. The zero-order chi connectivity index (χ0) is 20.9. The van der Waals surface area contributed by atoms with E-state index in [0.29, 0.717) is 23.4 Å². The third-order valence-electron chi connectivity index (χ3n) is 3.55. The normalized spacial score (nSPS) is 12.7. The highest BCUT2D eigenvalue weighted by Crippen LogP contribution is 2.34. The number of hydrogen-bond donors (Lipinski definition) is 2. The van der Waals surface area contributed by atoms with E-state index >= 15 is 0 Å². The summed E-state index contributed by atoms with van der Waals surface area (Å²) in [5, 5.41) is 8.06. The largest absolute Gasteiger partial charge is 0.454 e. The van der Waals surface area contributed by atoms with Gasteiger partial charge in [-0.3, -0.25) is 9.59 Å². The molecule has 0 fully saturated rings. The van der Waals surface area contributed by atoms with Gasteiger partial charge in [-0.1, -0.05) is 11.2 Å². The number of anilines is 2. The highest BCUT2D eigenvalue weighted by Gasteiger charge is 2.30. The molecule has 152 valence electrons. The lowest BCUT2D eigenvalue weighted by Gasteiger charge is -2.08. The number of benzene rings is 2. The summed E-state index contributed by atoms with van der Waals surface area (Å²) in [5.74, 6) is -0.302. The maximum Gasteiger partial charge on any atom is 0.416 e. The third kappa shape index (κ3) is 5.61. The minimum atomic E-state index is -4.52. The molecule has 3 rings (SSSR count). The highest BCUT2D eigenvalue weighted by atomic mass is 19.4. The van der Waals surface area contributed by atoms with Crippen LogP contribution >= 0.6 is 0 Å². The van der Waals surface area contributed by atoms with Gasteiger partial charge in [-0.25, -0.2) is 0 Å². The van der Waals surface area contributed by atoms with Crippen molar-refractivity contribution in [2.45, 2.75) is 6.18 Å².